The van der Waals surface area contributed by atoms with Crippen LogP contribution in [0.3, 0.4) is 0 Å². The lowest BCUT2D eigenvalue weighted by atomic mass is 9.99. The Kier molecular flexibility index (Phi) is 15.7. The molecular weight excluding hydrogens is 657 g/mol. The molecule has 0 saturated carbocycles. The van der Waals surface area contributed by atoms with E-state index in [2.05, 4.69) is 52.0 Å². The molecule has 1 saturated heterocycles. The lowest BCUT2D eigenvalue weighted by molar-refractivity contribution is -0.225. The molecule has 1 N–H and O–H groups in total. The van der Waals surface area contributed by atoms with E-state index in [9.17, 15) is 14.7 Å². The molecule has 0 spiro atoms. The quantitative estimate of drug-likeness (QED) is 0.107. The number of benzene rings is 2. The Balaban J connectivity index is 2.00. The summed E-state index contributed by atoms with van der Waals surface area (Å²) in [6.07, 6.45) is 1.40. The van der Waals surface area contributed by atoms with Gasteiger partial charge in [0.1, 0.15) is 23.2 Å². The van der Waals surface area contributed by atoms with E-state index in [0.29, 0.717) is 0 Å². The van der Waals surface area contributed by atoms with E-state index in [-0.39, 0.29) is 11.6 Å². The Labute approximate surface area is 300 Å². The molecule has 0 bridgehead atoms. The van der Waals surface area contributed by atoms with Crippen LogP contribution in [-0.4, -0.2) is 73.4 Å². The number of rotatable bonds is 16. The van der Waals surface area contributed by atoms with E-state index < -0.39 is 61.8 Å². The molecule has 1 aliphatic rings. The maximum Gasteiger partial charge on any atom is 0.509 e. The second-order valence-electron chi connectivity index (χ2n) is 15.2. The van der Waals surface area contributed by atoms with Crippen molar-refractivity contribution in [3.8, 4) is 0 Å². The molecule has 1 fully saturated rings. The lowest BCUT2D eigenvalue weighted by Crippen LogP contribution is -2.68. The first-order chi connectivity index (χ1) is 23.1. The second-order valence-corrected chi connectivity index (χ2v) is 20.8. The number of esters is 1. The van der Waals surface area contributed by atoms with Crippen molar-refractivity contribution in [3.05, 3.63) is 60.7 Å². The predicted octanol–water partition coefficient (Wildman–Crippen LogP) is 7.63. The summed E-state index contributed by atoms with van der Waals surface area (Å²) >= 11 is 1.50. The summed E-state index contributed by atoms with van der Waals surface area (Å²) < 4.78 is 31.1. The molecule has 5 atom stereocenters. The van der Waals surface area contributed by atoms with Gasteiger partial charge in [-0.25, -0.2) is 4.79 Å². The Morgan fingerprint density at radius 2 is 1.39 bits per heavy atom. The molecule has 2 aromatic rings. The van der Waals surface area contributed by atoms with Crippen molar-refractivity contribution in [2.75, 3.05) is 12.4 Å². The summed E-state index contributed by atoms with van der Waals surface area (Å²) in [5.41, 5.74) is -1.53. The third-order valence-corrected chi connectivity index (χ3v) is 14.9. The van der Waals surface area contributed by atoms with Crippen molar-refractivity contribution in [2.45, 2.75) is 141 Å². The first kappa shape index (κ1) is 41.1. The minimum atomic E-state index is -3.00. The summed E-state index contributed by atoms with van der Waals surface area (Å²) in [5.74, 6) is -0.191. The van der Waals surface area contributed by atoms with Gasteiger partial charge in [-0.05, 0) is 48.4 Å². The number of hydrogen-bond donors (Lipinski definition) is 1. The van der Waals surface area contributed by atoms with E-state index in [1.54, 1.807) is 34.6 Å². The Morgan fingerprint density at radius 1 is 0.837 bits per heavy atom. The van der Waals surface area contributed by atoms with Crippen LogP contribution in [0.15, 0.2) is 60.7 Å². The smallest absolute Gasteiger partial charge is 0.456 e. The van der Waals surface area contributed by atoms with Crippen LogP contribution in [0.1, 0.15) is 101 Å². The van der Waals surface area contributed by atoms with Crippen molar-refractivity contribution in [1.82, 2.24) is 0 Å². The summed E-state index contributed by atoms with van der Waals surface area (Å²) in [6, 6.07) is 20.5. The fourth-order valence-corrected chi connectivity index (χ4v) is 11.9. The van der Waals surface area contributed by atoms with Gasteiger partial charge in [0.2, 0.25) is 0 Å². The highest BCUT2D eigenvalue weighted by Gasteiger charge is 2.54. The summed E-state index contributed by atoms with van der Waals surface area (Å²) in [7, 11) is -3.00. The van der Waals surface area contributed by atoms with Gasteiger partial charge in [-0.3, -0.25) is 4.79 Å². The molecule has 0 radical (unpaired) electrons. The third kappa shape index (κ3) is 11.6. The molecule has 0 aromatic heterocycles. The average molecular weight is 717 g/mol. The summed E-state index contributed by atoms with van der Waals surface area (Å²) in [5, 5.41) is 13.8. The highest BCUT2D eigenvalue weighted by molar-refractivity contribution is 7.99. The van der Waals surface area contributed by atoms with Crippen molar-refractivity contribution in [2.24, 2.45) is 5.92 Å². The molecule has 49 heavy (non-hydrogen) atoms. The van der Waals surface area contributed by atoms with Crippen LogP contribution in [0.25, 0.3) is 0 Å². The SMILES string of the molecule is CCCCCCCCS[C@@H]1O[C@H](CO[Si](c2ccccc2)(c2ccccc2)C(C)(C)C)[C@@H](OC(=O)C(C)C)[C@H](O)[C@H]1OC(=O)OC(C)(C)C. The minimum absolute atomic E-state index is 0.0492. The van der Waals surface area contributed by atoms with Gasteiger partial charge in [-0.2, -0.15) is 0 Å². The Hall–Kier alpha value is -2.37. The zero-order chi connectivity index (χ0) is 36.2. The minimum Gasteiger partial charge on any atom is -0.456 e. The van der Waals surface area contributed by atoms with Crippen LogP contribution in [-0.2, 0) is 28.2 Å². The van der Waals surface area contributed by atoms with Gasteiger partial charge in [-0.1, -0.05) is 134 Å². The van der Waals surface area contributed by atoms with E-state index in [4.69, 9.17) is 23.4 Å². The largest absolute Gasteiger partial charge is 0.509 e. The Morgan fingerprint density at radius 3 is 1.90 bits per heavy atom. The Bertz CT molecular complexity index is 1240. The van der Waals surface area contributed by atoms with Crippen LogP contribution in [0, 0.1) is 5.92 Å². The van der Waals surface area contributed by atoms with E-state index in [1.165, 1.54) is 31.0 Å². The van der Waals surface area contributed by atoms with E-state index >= 15 is 0 Å². The molecular formula is C39H60O8SSi. The van der Waals surface area contributed by atoms with Gasteiger partial charge < -0.3 is 28.5 Å². The number of aliphatic hydroxyl groups excluding tert-OH is 1. The van der Waals surface area contributed by atoms with Crippen molar-refractivity contribution >= 4 is 42.6 Å². The third-order valence-electron chi connectivity index (χ3n) is 8.62. The highest BCUT2D eigenvalue weighted by atomic mass is 32.2. The van der Waals surface area contributed by atoms with Gasteiger partial charge in [0, 0.05) is 0 Å². The number of thioether (sulfide) groups is 1. The fraction of sp³-hybridized carbons (Fsp3) is 0.641. The highest BCUT2D eigenvalue weighted by Crippen LogP contribution is 2.39. The normalized spacial score (nSPS) is 21.7. The van der Waals surface area contributed by atoms with E-state index in [1.807, 2.05) is 36.4 Å². The number of hydrogen-bond acceptors (Lipinski definition) is 9. The van der Waals surface area contributed by atoms with Crippen LogP contribution in [0.4, 0.5) is 4.79 Å². The molecule has 0 unspecified atom stereocenters. The molecule has 0 amide bonds. The second kappa shape index (κ2) is 18.7. The summed E-state index contributed by atoms with van der Waals surface area (Å²) in [4.78, 5) is 26.0. The van der Waals surface area contributed by atoms with Crippen LogP contribution < -0.4 is 10.4 Å². The van der Waals surface area contributed by atoms with Crippen LogP contribution in [0.5, 0.6) is 0 Å². The molecule has 274 valence electrons. The van der Waals surface area contributed by atoms with Gasteiger partial charge in [0.25, 0.3) is 8.32 Å². The maximum absolute atomic E-state index is 13.1. The standard InChI is InChI=1S/C39H60O8SSi/c1-10-11-12-13-14-21-26-48-36-34(46-37(42)47-38(4,5)6)32(40)33(45-35(41)28(2)3)31(44-36)27-43-49(39(7,8)9,29-22-17-15-18-23-29)30-24-19-16-20-25-30/h15-20,22-25,28,31-34,36,40H,10-14,21,26-27H2,1-9H3/t31-,32+,33-,34-,36+/m1/s1. The average Bonchev–Trinajstić information content (AvgIpc) is 3.03. The zero-order valence-corrected chi connectivity index (χ0v) is 32.9. The first-order valence-electron chi connectivity index (χ1n) is 17.9. The maximum atomic E-state index is 13.1. The van der Waals surface area contributed by atoms with Crippen LogP contribution >= 0.6 is 11.8 Å². The van der Waals surface area contributed by atoms with Gasteiger partial charge >= 0.3 is 12.1 Å². The molecule has 1 heterocycles. The summed E-state index contributed by atoms with van der Waals surface area (Å²) in [6.45, 7) is 17.5. The molecule has 8 nitrogen and oxygen atoms in total. The zero-order valence-electron chi connectivity index (χ0n) is 31.1. The van der Waals surface area contributed by atoms with Crippen molar-refractivity contribution in [3.63, 3.8) is 0 Å². The number of aliphatic hydroxyl groups is 1. The first-order valence-corrected chi connectivity index (χ1v) is 20.9. The lowest BCUT2D eigenvalue weighted by Gasteiger charge is -2.47. The van der Waals surface area contributed by atoms with Gasteiger partial charge in [-0.15, -0.1) is 11.8 Å². The van der Waals surface area contributed by atoms with Gasteiger partial charge in [0.05, 0.1) is 12.5 Å². The van der Waals surface area contributed by atoms with E-state index in [0.717, 1.165) is 35.4 Å². The molecule has 2 aromatic carbocycles. The van der Waals surface area contributed by atoms with Crippen LogP contribution in [0.2, 0.25) is 5.04 Å². The van der Waals surface area contributed by atoms with Crippen molar-refractivity contribution in [1.29, 1.82) is 0 Å². The molecule has 0 aliphatic carbocycles. The predicted molar refractivity (Wildman–Crippen MR) is 200 cm³/mol. The number of carbonyl (C=O) groups excluding carboxylic acids is 2. The van der Waals surface area contributed by atoms with Crippen molar-refractivity contribution < 1.29 is 38.1 Å². The number of ether oxygens (including phenoxy) is 4. The molecule has 3 rings (SSSR count). The number of carbonyl (C=O) groups is 2. The monoisotopic (exact) mass is 716 g/mol. The van der Waals surface area contributed by atoms with Gasteiger partial charge in [0.15, 0.2) is 12.2 Å². The molecule has 1 aliphatic heterocycles. The number of unbranched alkanes of at least 4 members (excludes halogenated alkanes) is 5. The topological polar surface area (TPSA) is 101 Å². The fourth-order valence-electron chi connectivity index (χ4n) is 6.14. The molecule has 10 heteroatoms.